The molecule has 6 heteroatoms. The van der Waals surface area contributed by atoms with Crippen molar-refractivity contribution in [2.24, 2.45) is 5.73 Å². The molecule has 0 spiro atoms. The molecule has 2 N–H and O–H groups in total. The van der Waals surface area contributed by atoms with Crippen LogP contribution in [0.4, 0.5) is 4.39 Å². The van der Waals surface area contributed by atoms with E-state index in [9.17, 15) is 4.39 Å². The number of benzene rings is 1. The summed E-state index contributed by atoms with van der Waals surface area (Å²) in [6, 6.07) is 4.01. The predicted octanol–water partition coefficient (Wildman–Crippen LogP) is 3.90. The van der Waals surface area contributed by atoms with Crippen LogP contribution in [0.15, 0.2) is 18.2 Å². The second-order valence-electron chi connectivity index (χ2n) is 4.64. The Morgan fingerprint density at radius 1 is 1.40 bits per heavy atom. The Morgan fingerprint density at radius 2 is 2.10 bits per heavy atom. The van der Waals surface area contributed by atoms with Gasteiger partial charge >= 0.3 is 0 Å². The van der Waals surface area contributed by atoms with Crippen molar-refractivity contribution >= 4 is 23.2 Å². The summed E-state index contributed by atoms with van der Waals surface area (Å²) in [5.41, 5.74) is 8.10. The first-order valence-electron chi connectivity index (χ1n) is 6.36. The highest BCUT2D eigenvalue weighted by molar-refractivity contribution is 6.31. The van der Waals surface area contributed by atoms with Gasteiger partial charge in [-0.2, -0.15) is 5.10 Å². The number of hydrogen-bond acceptors (Lipinski definition) is 2. The van der Waals surface area contributed by atoms with Crippen molar-refractivity contribution in [3.05, 3.63) is 51.0 Å². The standard InChI is InChI=1S/C14H16Cl2FN3/c1-3-20-13(14(16)8(2)19-20)7-12(18)10-5-4-9(15)6-11(10)17/h4-6,12H,3,7,18H2,1-2H3. The lowest BCUT2D eigenvalue weighted by molar-refractivity contribution is 0.555. The smallest absolute Gasteiger partial charge is 0.129 e. The first-order valence-corrected chi connectivity index (χ1v) is 7.12. The summed E-state index contributed by atoms with van der Waals surface area (Å²) < 4.78 is 15.7. The largest absolute Gasteiger partial charge is 0.324 e. The molecule has 108 valence electrons. The number of nitrogens with zero attached hydrogens (tertiary/aromatic N) is 2. The molecule has 0 aliphatic carbocycles. The van der Waals surface area contributed by atoms with Gasteiger partial charge in [0.05, 0.1) is 16.4 Å². The molecule has 0 fully saturated rings. The lowest BCUT2D eigenvalue weighted by Gasteiger charge is -2.14. The minimum Gasteiger partial charge on any atom is -0.324 e. The Hall–Kier alpha value is -1.10. The molecular weight excluding hydrogens is 300 g/mol. The molecule has 2 rings (SSSR count). The second kappa shape index (κ2) is 6.12. The zero-order valence-electron chi connectivity index (χ0n) is 11.3. The van der Waals surface area contributed by atoms with Crippen molar-refractivity contribution in [3.63, 3.8) is 0 Å². The zero-order chi connectivity index (χ0) is 14.9. The number of halogens is 3. The van der Waals surface area contributed by atoms with Crippen LogP contribution in [0.2, 0.25) is 10.0 Å². The highest BCUT2D eigenvalue weighted by Gasteiger charge is 2.19. The van der Waals surface area contributed by atoms with Gasteiger partial charge in [0.1, 0.15) is 5.82 Å². The van der Waals surface area contributed by atoms with Crippen LogP contribution >= 0.6 is 23.2 Å². The number of hydrogen-bond donors (Lipinski definition) is 1. The lowest BCUT2D eigenvalue weighted by atomic mass is 10.0. The van der Waals surface area contributed by atoms with Crippen LogP contribution in [0.5, 0.6) is 0 Å². The van der Waals surface area contributed by atoms with Crippen LogP contribution in [-0.4, -0.2) is 9.78 Å². The zero-order valence-corrected chi connectivity index (χ0v) is 12.8. The van der Waals surface area contributed by atoms with Gasteiger partial charge in [-0.25, -0.2) is 4.39 Å². The Kier molecular flexibility index (Phi) is 4.68. The summed E-state index contributed by atoms with van der Waals surface area (Å²) >= 11 is 12.0. The number of aromatic nitrogens is 2. The van der Waals surface area contributed by atoms with E-state index in [1.54, 1.807) is 16.8 Å². The molecule has 0 saturated heterocycles. The van der Waals surface area contributed by atoms with Gasteiger partial charge in [-0.15, -0.1) is 0 Å². The third-order valence-electron chi connectivity index (χ3n) is 3.23. The molecule has 1 aromatic carbocycles. The molecule has 0 aliphatic rings. The Bertz CT molecular complexity index is 625. The summed E-state index contributed by atoms with van der Waals surface area (Å²) in [5, 5.41) is 5.27. The predicted molar refractivity (Wildman–Crippen MR) is 79.7 cm³/mol. The van der Waals surface area contributed by atoms with E-state index in [1.807, 2.05) is 13.8 Å². The normalized spacial score (nSPS) is 12.7. The summed E-state index contributed by atoms with van der Waals surface area (Å²) in [7, 11) is 0. The molecule has 1 heterocycles. The van der Waals surface area contributed by atoms with Crippen molar-refractivity contribution in [2.75, 3.05) is 0 Å². The van der Waals surface area contributed by atoms with Crippen molar-refractivity contribution < 1.29 is 4.39 Å². The maximum atomic E-state index is 13.9. The maximum Gasteiger partial charge on any atom is 0.129 e. The minimum absolute atomic E-state index is 0.353. The van der Waals surface area contributed by atoms with Gasteiger partial charge in [0.2, 0.25) is 0 Å². The van der Waals surface area contributed by atoms with Gasteiger partial charge in [-0.3, -0.25) is 4.68 Å². The highest BCUT2D eigenvalue weighted by Crippen LogP contribution is 2.27. The van der Waals surface area contributed by atoms with E-state index in [2.05, 4.69) is 5.10 Å². The van der Waals surface area contributed by atoms with E-state index in [1.165, 1.54) is 6.07 Å². The van der Waals surface area contributed by atoms with Crippen molar-refractivity contribution in [2.45, 2.75) is 32.9 Å². The average Bonchev–Trinajstić information content (AvgIpc) is 2.66. The molecule has 0 aliphatic heterocycles. The van der Waals surface area contributed by atoms with Crippen molar-refractivity contribution in [1.82, 2.24) is 9.78 Å². The summed E-state index contributed by atoms with van der Waals surface area (Å²) in [4.78, 5) is 0. The van der Waals surface area contributed by atoms with Gasteiger partial charge in [-0.05, 0) is 26.0 Å². The topological polar surface area (TPSA) is 43.8 Å². The van der Waals surface area contributed by atoms with E-state index >= 15 is 0 Å². The van der Waals surface area contributed by atoms with Gasteiger partial charge in [0.25, 0.3) is 0 Å². The Morgan fingerprint density at radius 3 is 2.70 bits per heavy atom. The van der Waals surface area contributed by atoms with E-state index in [0.29, 0.717) is 28.6 Å². The average molecular weight is 316 g/mol. The van der Waals surface area contributed by atoms with Crippen LogP contribution in [0, 0.1) is 12.7 Å². The fourth-order valence-corrected chi connectivity index (χ4v) is 2.56. The fourth-order valence-electron chi connectivity index (χ4n) is 2.18. The van der Waals surface area contributed by atoms with E-state index in [4.69, 9.17) is 28.9 Å². The quantitative estimate of drug-likeness (QED) is 0.929. The molecule has 1 unspecified atom stereocenters. The third kappa shape index (κ3) is 2.97. The molecule has 2 aromatic rings. The highest BCUT2D eigenvalue weighted by atomic mass is 35.5. The van der Waals surface area contributed by atoms with Crippen molar-refractivity contribution in [1.29, 1.82) is 0 Å². The Labute approximate surface area is 127 Å². The summed E-state index contributed by atoms with van der Waals surface area (Å²) in [5.74, 6) is -0.402. The lowest BCUT2D eigenvalue weighted by Crippen LogP contribution is -2.17. The molecule has 0 bridgehead atoms. The van der Waals surface area contributed by atoms with Crippen LogP contribution in [0.1, 0.15) is 29.9 Å². The van der Waals surface area contributed by atoms with Gasteiger partial charge in [0.15, 0.2) is 0 Å². The number of rotatable bonds is 4. The Balaban J connectivity index is 2.30. The van der Waals surface area contributed by atoms with Gasteiger partial charge in [0, 0.05) is 29.6 Å². The van der Waals surface area contributed by atoms with E-state index in [-0.39, 0.29) is 0 Å². The van der Waals surface area contributed by atoms with Crippen LogP contribution < -0.4 is 5.73 Å². The number of nitrogens with two attached hydrogens (primary N) is 1. The molecule has 3 nitrogen and oxygen atoms in total. The van der Waals surface area contributed by atoms with E-state index in [0.717, 1.165) is 11.4 Å². The first kappa shape index (κ1) is 15.3. The summed E-state index contributed by atoms with van der Waals surface area (Å²) in [6.07, 6.45) is 0.423. The molecule has 0 saturated carbocycles. The van der Waals surface area contributed by atoms with Crippen LogP contribution in [0.3, 0.4) is 0 Å². The molecular formula is C14H16Cl2FN3. The van der Waals surface area contributed by atoms with Gasteiger partial charge in [-0.1, -0.05) is 29.3 Å². The van der Waals surface area contributed by atoms with Gasteiger partial charge < -0.3 is 5.73 Å². The first-order chi connectivity index (χ1) is 9.43. The molecule has 1 atom stereocenters. The third-order valence-corrected chi connectivity index (χ3v) is 3.95. The summed E-state index contributed by atoms with van der Waals surface area (Å²) in [6.45, 7) is 4.51. The molecule has 0 amide bonds. The SMILES string of the molecule is CCn1nc(C)c(Cl)c1CC(N)c1ccc(Cl)cc1F. The van der Waals surface area contributed by atoms with E-state index < -0.39 is 11.9 Å². The fraction of sp³-hybridized carbons (Fsp3) is 0.357. The van der Waals surface area contributed by atoms with Crippen molar-refractivity contribution in [3.8, 4) is 0 Å². The van der Waals surface area contributed by atoms with Crippen LogP contribution in [-0.2, 0) is 13.0 Å². The maximum absolute atomic E-state index is 13.9. The van der Waals surface area contributed by atoms with Crippen LogP contribution in [0.25, 0.3) is 0 Å². The second-order valence-corrected chi connectivity index (χ2v) is 5.45. The minimum atomic E-state index is -0.494. The molecule has 1 aromatic heterocycles. The molecule has 0 radical (unpaired) electrons. The molecule has 20 heavy (non-hydrogen) atoms. The monoisotopic (exact) mass is 315 g/mol. The number of aryl methyl sites for hydroxylation is 2.